The Kier molecular flexibility index (Phi) is 2.39. The molecule has 1 N–H and O–H groups in total. The summed E-state index contributed by atoms with van der Waals surface area (Å²) in [6.45, 7) is 5.87. The molecule has 2 atom stereocenters. The SMILES string of the molecule is CCCC1(C2CC2)NCC(C)S1. The van der Waals surface area contributed by atoms with E-state index in [0.717, 1.165) is 11.2 Å². The molecule has 12 heavy (non-hydrogen) atoms. The summed E-state index contributed by atoms with van der Waals surface area (Å²) in [5.74, 6) is 0.993. The lowest BCUT2D eigenvalue weighted by Gasteiger charge is -2.28. The molecule has 1 nitrogen and oxygen atoms in total. The average Bonchev–Trinajstić information content (AvgIpc) is 2.80. The smallest absolute Gasteiger partial charge is 0.0677 e. The van der Waals surface area contributed by atoms with Crippen molar-refractivity contribution in [2.24, 2.45) is 5.92 Å². The second kappa shape index (κ2) is 3.22. The largest absolute Gasteiger partial charge is 0.301 e. The average molecular weight is 185 g/mol. The molecule has 1 saturated carbocycles. The molecule has 70 valence electrons. The summed E-state index contributed by atoms with van der Waals surface area (Å²) in [6.07, 6.45) is 5.62. The van der Waals surface area contributed by atoms with Gasteiger partial charge in [-0.2, -0.15) is 0 Å². The minimum absolute atomic E-state index is 0.494. The molecular formula is C10H19NS. The van der Waals surface area contributed by atoms with Crippen molar-refractivity contribution in [2.75, 3.05) is 6.54 Å². The molecule has 2 heteroatoms. The Balaban J connectivity index is 2.01. The summed E-state index contributed by atoms with van der Waals surface area (Å²) in [6, 6.07) is 0. The molecule has 1 heterocycles. The van der Waals surface area contributed by atoms with Crippen molar-refractivity contribution in [3.63, 3.8) is 0 Å². The molecule has 2 unspecified atom stereocenters. The molecule has 0 aromatic carbocycles. The van der Waals surface area contributed by atoms with E-state index in [2.05, 4.69) is 30.9 Å². The van der Waals surface area contributed by atoms with Gasteiger partial charge in [0.15, 0.2) is 0 Å². The van der Waals surface area contributed by atoms with Crippen LogP contribution < -0.4 is 5.32 Å². The molecule has 2 aliphatic rings. The Bertz CT molecular complexity index is 163. The third-order valence-electron chi connectivity index (χ3n) is 2.96. The fraction of sp³-hybridized carbons (Fsp3) is 1.00. The summed E-state index contributed by atoms with van der Waals surface area (Å²) in [4.78, 5) is 0.494. The Labute approximate surface area is 79.7 Å². The predicted molar refractivity (Wildman–Crippen MR) is 55.4 cm³/mol. The summed E-state index contributed by atoms with van der Waals surface area (Å²) < 4.78 is 0. The molecule has 2 fully saturated rings. The first kappa shape index (κ1) is 8.89. The monoisotopic (exact) mass is 185 g/mol. The predicted octanol–water partition coefficient (Wildman–Crippen LogP) is 2.62. The van der Waals surface area contributed by atoms with Crippen molar-refractivity contribution in [3.8, 4) is 0 Å². The van der Waals surface area contributed by atoms with Crippen LogP contribution in [0, 0.1) is 5.92 Å². The lowest BCUT2D eigenvalue weighted by Crippen LogP contribution is -2.39. The Hall–Kier alpha value is 0.310. The molecule has 1 aliphatic heterocycles. The highest BCUT2D eigenvalue weighted by Crippen LogP contribution is 2.52. The summed E-state index contributed by atoms with van der Waals surface area (Å²) >= 11 is 2.20. The van der Waals surface area contributed by atoms with Gasteiger partial charge in [0.05, 0.1) is 4.87 Å². The molecule has 0 spiro atoms. The zero-order valence-electron chi connectivity index (χ0n) is 8.10. The first-order valence-corrected chi connectivity index (χ1v) is 6.07. The van der Waals surface area contributed by atoms with E-state index in [1.165, 1.54) is 32.2 Å². The van der Waals surface area contributed by atoms with Gasteiger partial charge in [0.25, 0.3) is 0 Å². The maximum atomic E-state index is 3.75. The Morgan fingerprint density at radius 1 is 1.50 bits per heavy atom. The first-order valence-electron chi connectivity index (χ1n) is 5.19. The Morgan fingerprint density at radius 2 is 2.25 bits per heavy atom. The maximum Gasteiger partial charge on any atom is 0.0677 e. The van der Waals surface area contributed by atoms with Gasteiger partial charge in [-0.15, -0.1) is 11.8 Å². The molecule has 0 aromatic rings. The molecule has 2 rings (SSSR count). The van der Waals surface area contributed by atoms with Crippen molar-refractivity contribution in [3.05, 3.63) is 0 Å². The molecule has 0 aromatic heterocycles. The van der Waals surface area contributed by atoms with Crippen LogP contribution >= 0.6 is 11.8 Å². The van der Waals surface area contributed by atoms with Gasteiger partial charge in [-0.25, -0.2) is 0 Å². The van der Waals surface area contributed by atoms with Gasteiger partial charge >= 0.3 is 0 Å². The molecule has 0 bridgehead atoms. The van der Waals surface area contributed by atoms with E-state index in [0.29, 0.717) is 4.87 Å². The van der Waals surface area contributed by atoms with Crippen molar-refractivity contribution < 1.29 is 0 Å². The third kappa shape index (κ3) is 1.51. The number of hydrogen-bond donors (Lipinski definition) is 1. The molecule has 0 radical (unpaired) electrons. The normalized spacial score (nSPS) is 42.0. The van der Waals surface area contributed by atoms with Crippen molar-refractivity contribution in [1.82, 2.24) is 5.32 Å². The van der Waals surface area contributed by atoms with E-state index in [9.17, 15) is 0 Å². The zero-order valence-corrected chi connectivity index (χ0v) is 8.91. The van der Waals surface area contributed by atoms with Gasteiger partial charge in [0, 0.05) is 11.8 Å². The van der Waals surface area contributed by atoms with Crippen molar-refractivity contribution >= 4 is 11.8 Å². The zero-order chi connectivity index (χ0) is 8.60. The van der Waals surface area contributed by atoms with Crippen LogP contribution in [0.15, 0.2) is 0 Å². The third-order valence-corrected chi connectivity index (χ3v) is 4.63. The summed E-state index contributed by atoms with van der Waals surface area (Å²) in [5, 5.41) is 4.58. The van der Waals surface area contributed by atoms with Crippen LogP contribution in [-0.2, 0) is 0 Å². The van der Waals surface area contributed by atoms with Crippen LogP contribution in [0.3, 0.4) is 0 Å². The minimum Gasteiger partial charge on any atom is -0.301 e. The van der Waals surface area contributed by atoms with Crippen molar-refractivity contribution in [1.29, 1.82) is 0 Å². The van der Waals surface area contributed by atoms with Crippen molar-refractivity contribution in [2.45, 2.75) is 49.7 Å². The molecular weight excluding hydrogens is 166 g/mol. The fourth-order valence-electron chi connectivity index (χ4n) is 2.27. The van der Waals surface area contributed by atoms with Gasteiger partial charge in [0.2, 0.25) is 0 Å². The van der Waals surface area contributed by atoms with E-state index >= 15 is 0 Å². The van der Waals surface area contributed by atoms with Crippen LogP contribution in [0.25, 0.3) is 0 Å². The van der Waals surface area contributed by atoms with Crippen LogP contribution in [0.4, 0.5) is 0 Å². The fourth-order valence-corrected chi connectivity index (χ4v) is 4.07. The van der Waals surface area contributed by atoms with Crippen LogP contribution in [0.5, 0.6) is 0 Å². The highest BCUT2D eigenvalue weighted by atomic mass is 32.2. The van der Waals surface area contributed by atoms with Crippen LogP contribution in [0.1, 0.15) is 39.5 Å². The van der Waals surface area contributed by atoms with E-state index in [4.69, 9.17) is 0 Å². The van der Waals surface area contributed by atoms with Gasteiger partial charge in [-0.05, 0) is 25.2 Å². The molecule has 1 saturated heterocycles. The molecule has 0 amide bonds. The lowest BCUT2D eigenvalue weighted by molar-refractivity contribution is 0.411. The van der Waals surface area contributed by atoms with E-state index in [1.807, 2.05) is 0 Å². The summed E-state index contributed by atoms with van der Waals surface area (Å²) in [7, 11) is 0. The number of hydrogen-bond acceptors (Lipinski definition) is 2. The second-order valence-corrected chi connectivity index (χ2v) is 5.99. The van der Waals surface area contributed by atoms with E-state index in [1.54, 1.807) is 0 Å². The van der Waals surface area contributed by atoms with Gasteiger partial charge in [-0.3, -0.25) is 0 Å². The van der Waals surface area contributed by atoms with E-state index in [-0.39, 0.29) is 0 Å². The maximum absolute atomic E-state index is 3.75. The highest BCUT2D eigenvalue weighted by molar-refractivity contribution is 8.01. The lowest BCUT2D eigenvalue weighted by atomic mass is 10.1. The number of rotatable bonds is 3. The van der Waals surface area contributed by atoms with Gasteiger partial charge < -0.3 is 5.32 Å². The Morgan fingerprint density at radius 3 is 2.67 bits per heavy atom. The van der Waals surface area contributed by atoms with Crippen LogP contribution in [-0.4, -0.2) is 16.7 Å². The second-order valence-electron chi connectivity index (χ2n) is 4.22. The topological polar surface area (TPSA) is 12.0 Å². The number of nitrogens with one attached hydrogen (secondary N) is 1. The first-order chi connectivity index (χ1) is 5.77. The standard InChI is InChI=1S/C10H19NS/c1-3-6-10(9-4-5-9)11-7-8(2)12-10/h8-9,11H,3-7H2,1-2H3. The quantitative estimate of drug-likeness (QED) is 0.725. The number of thioether (sulfide) groups is 1. The molecule has 1 aliphatic carbocycles. The highest BCUT2D eigenvalue weighted by Gasteiger charge is 2.48. The van der Waals surface area contributed by atoms with Crippen LogP contribution in [0.2, 0.25) is 0 Å². The van der Waals surface area contributed by atoms with Gasteiger partial charge in [-0.1, -0.05) is 20.3 Å². The van der Waals surface area contributed by atoms with Gasteiger partial charge in [0.1, 0.15) is 0 Å². The van der Waals surface area contributed by atoms with E-state index < -0.39 is 0 Å². The summed E-state index contributed by atoms with van der Waals surface area (Å²) in [5.41, 5.74) is 0. The minimum atomic E-state index is 0.494.